The summed E-state index contributed by atoms with van der Waals surface area (Å²) in [5.74, 6) is -1.76. The van der Waals surface area contributed by atoms with E-state index >= 15 is 0 Å². The van der Waals surface area contributed by atoms with Gasteiger partial charge in [-0.2, -0.15) is 0 Å². The molecule has 0 saturated carbocycles. The van der Waals surface area contributed by atoms with Gasteiger partial charge in [0.2, 0.25) is 10.0 Å². The second-order valence-corrected chi connectivity index (χ2v) is 7.05. The van der Waals surface area contributed by atoms with E-state index in [1.54, 1.807) is 6.20 Å². The molecule has 0 radical (unpaired) electrons. The van der Waals surface area contributed by atoms with Crippen molar-refractivity contribution in [3.05, 3.63) is 41.7 Å². The second-order valence-electron chi connectivity index (χ2n) is 5.37. The Hall–Kier alpha value is -1.91. The highest BCUT2D eigenvalue weighted by Crippen LogP contribution is 2.21. The summed E-state index contributed by atoms with van der Waals surface area (Å²) in [4.78, 5) is -0.704. The van der Waals surface area contributed by atoms with Gasteiger partial charge in [-0.15, -0.1) is 5.10 Å². The fourth-order valence-corrected chi connectivity index (χ4v) is 3.89. The third kappa shape index (κ3) is 3.09. The Balaban J connectivity index is 1.88. The zero-order valence-electron chi connectivity index (χ0n) is 12.2. The first-order chi connectivity index (χ1) is 10.9. The van der Waals surface area contributed by atoms with E-state index in [0.29, 0.717) is 19.2 Å². The molecule has 2 aromatic rings. The molecule has 0 aliphatic carbocycles. The molecule has 2 heterocycles. The average Bonchev–Trinajstić information content (AvgIpc) is 3.12. The predicted molar refractivity (Wildman–Crippen MR) is 77.1 cm³/mol. The van der Waals surface area contributed by atoms with Crippen molar-refractivity contribution in [2.75, 3.05) is 13.1 Å². The molecule has 1 fully saturated rings. The summed E-state index contributed by atoms with van der Waals surface area (Å²) in [7, 11) is -4.20. The van der Waals surface area contributed by atoms with Crippen molar-refractivity contribution in [1.82, 2.24) is 25.0 Å². The van der Waals surface area contributed by atoms with E-state index in [9.17, 15) is 17.2 Å². The summed E-state index contributed by atoms with van der Waals surface area (Å²) < 4.78 is 56.3. The molecule has 0 bridgehead atoms. The van der Waals surface area contributed by atoms with Gasteiger partial charge in [0.05, 0.1) is 18.3 Å². The van der Waals surface area contributed by atoms with Gasteiger partial charge in [0, 0.05) is 19.3 Å². The van der Waals surface area contributed by atoms with Crippen LogP contribution in [0.25, 0.3) is 0 Å². The summed E-state index contributed by atoms with van der Waals surface area (Å²) in [6, 6.07) is 0.710. The highest BCUT2D eigenvalue weighted by atomic mass is 32.2. The van der Waals surface area contributed by atoms with E-state index in [1.807, 2.05) is 0 Å². The minimum atomic E-state index is -4.20. The third-order valence-corrected chi connectivity index (χ3v) is 5.28. The van der Waals surface area contributed by atoms with Crippen LogP contribution in [-0.2, 0) is 10.0 Å². The van der Waals surface area contributed by atoms with Crippen molar-refractivity contribution in [2.45, 2.75) is 23.9 Å². The lowest BCUT2D eigenvalue weighted by atomic mass is 10.2. The summed E-state index contributed by atoms with van der Waals surface area (Å²) in [5, 5.41) is 10.6. The maximum atomic E-state index is 13.9. The fourth-order valence-electron chi connectivity index (χ4n) is 2.55. The van der Waals surface area contributed by atoms with Crippen LogP contribution in [-0.4, -0.2) is 42.5 Å². The number of benzene rings is 1. The van der Waals surface area contributed by atoms with Crippen LogP contribution in [0.2, 0.25) is 0 Å². The van der Waals surface area contributed by atoms with Gasteiger partial charge < -0.3 is 5.32 Å². The van der Waals surface area contributed by atoms with Crippen molar-refractivity contribution in [2.24, 2.45) is 0 Å². The Morgan fingerprint density at radius 2 is 2.09 bits per heavy atom. The Morgan fingerprint density at radius 3 is 2.78 bits per heavy atom. The van der Waals surface area contributed by atoms with E-state index in [0.717, 1.165) is 6.07 Å². The van der Waals surface area contributed by atoms with Crippen LogP contribution in [0.3, 0.4) is 0 Å². The summed E-state index contributed by atoms with van der Waals surface area (Å²) in [5.41, 5.74) is 0.0458. The summed E-state index contributed by atoms with van der Waals surface area (Å²) >= 11 is 0. The minimum Gasteiger partial charge on any atom is -0.313 e. The number of aromatic nitrogens is 3. The Labute approximate surface area is 131 Å². The lowest BCUT2D eigenvalue weighted by Crippen LogP contribution is -2.41. The highest BCUT2D eigenvalue weighted by Gasteiger charge is 2.34. The summed E-state index contributed by atoms with van der Waals surface area (Å²) in [6.07, 6.45) is 3.10. The Kier molecular flexibility index (Phi) is 4.13. The number of nitrogens with one attached hydrogen (secondary N) is 2. The normalized spacial score (nSPS) is 21.7. The Morgan fingerprint density at radius 1 is 1.30 bits per heavy atom. The van der Waals surface area contributed by atoms with Crippen LogP contribution < -0.4 is 10.0 Å². The van der Waals surface area contributed by atoms with Crippen LogP contribution in [0.4, 0.5) is 8.78 Å². The van der Waals surface area contributed by atoms with Gasteiger partial charge in [-0.05, 0) is 24.6 Å². The topological polar surface area (TPSA) is 88.9 Å². The smallest absolute Gasteiger partial charge is 0.243 e. The average molecular weight is 343 g/mol. The van der Waals surface area contributed by atoms with Crippen molar-refractivity contribution >= 4 is 10.0 Å². The molecule has 0 unspecified atom stereocenters. The predicted octanol–water partition coefficient (Wildman–Crippen LogP) is 0.356. The number of halogens is 2. The van der Waals surface area contributed by atoms with Gasteiger partial charge in [0.15, 0.2) is 0 Å². The molecule has 1 saturated heterocycles. The van der Waals surface area contributed by atoms with Crippen LogP contribution in [0, 0.1) is 18.6 Å². The molecular weight excluding hydrogens is 328 g/mol. The minimum absolute atomic E-state index is 0.0458. The summed E-state index contributed by atoms with van der Waals surface area (Å²) in [6.45, 7) is 2.20. The number of aryl methyl sites for hydroxylation is 1. The lowest BCUT2D eigenvalue weighted by Gasteiger charge is -2.20. The zero-order chi connectivity index (χ0) is 16.6. The van der Waals surface area contributed by atoms with Crippen LogP contribution in [0.15, 0.2) is 29.4 Å². The van der Waals surface area contributed by atoms with Crippen LogP contribution in [0.5, 0.6) is 0 Å². The number of hydrogen-bond acceptors (Lipinski definition) is 5. The van der Waals surface area contributed by atoms with E-state index < -0.39 is 32.6 Å². The molecule has 23 heavy (non-hydrogen) atoms. The molecule has 1 aliphatic rings. The molecule has 3 rings (SSSR count). The van der Waals surface area contributed by atoms with Crippen molar-refractivity contribution in [3.8, 4) is 0 Å². The molecule has 0 spiro atoms. The van der Waals surface area contributed by atoms with Gasteiger partial charge >= 0.3 is 0 Å². The molecule has 2 atom stereocenters. The maximum absolute atomic E-state index is 13.9. The molecule has 2 N–H and O–H groups in total. The van der Waals surface area contributed by atoms with Gasteiger partial charge in [0.25, 0.3) is 0 Å². The van der Waals surface area contributed by atoms with E-state index in [-0.39, 0.29) is 11.6 Å². The number of rotatable bonds is 4. The van der Waals surface area contributed by atoms with Crippen molar-refractivity contribution < 1.29 is 17.2 Å². The highest BCUT2D eigenvalue weighted by molar-refractivity contribution is 7.89. The van der Waals surface area contributed by atoms with Gasteiger partial charge in [-0.3, -0.25) is 0 Å². The van der Waals surface area contributed by atoms with Gasteiger partial charge in [-0.1, -0.05) is 5.21 Å². The largest absolute Gasteiger partial charge is 0.313 e. The Bertz CT molecular complexity index is 810. The first kappa shape index (κ1) is 16.0. The van der Waals surface area contributed by atoms with Crippen molar-refractivity contribution in [1.29, 1.82) is 0 Å². The number of hydrogen-bond donors (Lipinski definition) is 2. The monoisotopic (exact) mass is 343 g/mol. The first-order valence-electron chi connectivity index (χ1n) is 6.93. The fraction of sp³-hybridized carbons (Fsp3) is 0.385. The molecule has 1 aromatic heterocycles. The molecule has 1 aliphatic heterocycles. The first-order valence-corrected chi connectivity index (χ1v) is 8.41. The molecule has 0 amide bonds. The molecule has 124 valence electrons. The standard InChI is InChI=1S/C13H15F2N5O2S/c1-8-4-10(15)13(5-9(8)14)23(21,22)18-11-6-16-7-12(11)20-3-2-17-19-20/h2-5,11-12,16,18H,6-7H2,1H3/t11-,12+/m1/s1. The van der Waals surface area contributed by atoms with E-state index in [2.05, 4.69) is 20.4 Å². The van der Waals surface area contributed by atoms with Gasteiger partial charge in [-0.25, -0.2) is 26.6 Å². The maximum Gasteiger partial charge on any atom is 0.243 e. The third-order valence-electron chi connectivity index (χ3n) is 3.77. The molecule has 7 nitrogen and oxygen atoms in total. The van der Waals surface area contributed by atoms with E-state index in [4.69, 9.17) is 0 Å². The van der Waals surface area contributed by atoms with E-state index in [1.165, 1.54) is 17.8 Å². The van der Waals surface area contributed by atoms with Crippen LogP contribution in [0.1, 0.15) is 11.6 Å². The SMILES string of the molecule is Cc1cc(F)c(S(=O)(=O)N[C@@H]2CNC[C@@H]2n2ccnn2)cc1F. The molecule has 1 aromatic carbocycles. The lowest BCUT2D eigenvalue weighted by molar-refractivity contribution is 0.412. The van der Waals surface area contributed by atoms with Crippen molar-refractivity contribution in [3.63, 3.8) is 0 Å². The van der Waals surface area contributed by atoms with Gasteiger partial charge in [0.1, 0.15) is 16.5 Å². The van der Waals surface area contributed by atoms with Crippen LogP contribution >= 0.6 is 0 Å². The molecular formula is C13H15F2N5O2S. The second kappa shape index (κ2) is 5.95. The molecule has 10 heteroatoms. The number of sulfonamides is 1. The number of nitrogens with zero attached hydrogens (tertiary/aromatic N) is 3. The zero-order valence-corrected chi connectivity index (χ0v) is 13.0. The quantitative estimate of drug-likeness (QED) is 0.837.